The van der Waals surface area contributed by atoms with Crippen molar-refractivity contribution in [3.63, 3.8) is 0 Å². The molecule has 4 heterocycles. The van der Waals surface area contributed by atoms with E-state index in [0.717, 1.165) is 37.4 Å². The maximum atomic E-state index is 12.7. The zero-order valence-electron chi connectivity index (χ0n) is 18.7. The molecule has 1 aromatic carbocycles. The number of aryl methyl sites for hydroxylation is 1. The van der Waals surface area contributed by atoms with E-state index in [0.29, 0.717) is 17.1 Å². The zero-order chi connectivity index (χ0) is 22.8. The lowest BCUT2D eigenvalue weighted by molar-refractivity contribution is 0.0941. The molecule has 0 fully saturated rings. The number of carbonyl (C=O) groups is 1. The summed E-state index contributed by atoms with van der Waals surface area (Å²) in [5.41, 5.74) is 6.48. The van der Waals surface area contributed by atoms with Crippen molar-refractivity contribution >= 4 is 5.91 Å². The van der Waals surface area contributed by atoms with Crippen molar-refractivity contribution in [1.82, 2.24) is 35.4 Å². The molecule has 0 spiro atoms. The lowest BCUT2D eigenvalue weighted by Crippen LogP contribution is -2.31. The molecule has 1 aliphatic heterocycles. The summed E-state index contributed by atoms with van der Waals surface area (Å²) in [5.74, 6) is 0.305. The number of carbonyl (C=O) groups excluding carboxylic acids is 1. The van der Waals surface area contributed by atoms with E-state index in [-0.39, 0.29) is 12.5 Å². The maximum Gasteiger partial charge on any atom is 0.274 e. The minimum Gasteiger partial charge on any atom is -0.359 e. The van der Waals surface area contributed by atoms with Crippen LogP contribution >= 0.6 is 0 Å². The molecule has 0 bridgehead atoms. The summed E-state index contributed by atoms with van der Waals surface area (Å²) in [6, 6.07) is 12.1. The summed E-state index contributed by atoms with van der Waals surface area (Å²) in [7, 11) is 0. The second-order valence-electron chi connectivity index (χ2n) is 8.29. The normalized spacial score (nSPS) is 13.6. The van der Waals surface area contributed by atoms with Gasteiger partial charge in [0.05, 0.1) is 23.6 Å². The summed E-state index contributed by atoms with van der Waals surface area (Å²) < 4.78 is 6.92. The fourth-order valence-corrected chi connectivity index (χ4v) is 4.25. The van der Waals surface area contributed by atoms with Crippen LogP contribution in [-0.4, -0.2) is 42.5 Å². The summed E-state index contributed by atoms with van der Waals surface area (Å²) >= 11 is 0. The fraction of sp³-hybridized carbons (Fsp3) is 0.292. The topological polar surface area (TPSA) is 102 Å². The minimum absolute atomic E-state index is 0.249. The van der Waals surface area contributed by atoms with Gasteiger partial charge in [-0.2, -0.15) is 0 Å². The van der Waals surface area contributed by atoms with Gasteiger partial charge in [-0.25, -0.2) is 4.68 Å². The third-order valence-corrected chi connectivity index (χ3v) is 5.89. The van der Waals surface area contributed by atoms with Gasteiger partial charge in [0.1, 0.15) is 0 Å². The summed E-state index contributed by atoms with van der Waals surface area (Å²) in [4.78, 5) is 19.3. The van der Waals surface area contributed by atoms with Crippen LogP contribution in [0.15, 0.2) is 53.3 Å². The molecule has 0 aliphatic carbocycles. The van der Waals surface area contributed by atoms with Crippen LogP contribution in [0.5, 0.6) is 0 Å². The molecule has 33 heavy (non-hydrogen) atoms. The first kappa shape index (κ1) is 21.0. The molecule has 1 N–H and O–H groups in total. The van der Waals surface area contributed by atoms with Crippen LogP contribution in [0.1, 0.15) is 44.3 Å². The standard InChI is InChI=1S/C24H25N7O2/c1-16-11-20(33-28-16)13-26-24(32)23-17(2)31(29-27-23)22-7-3-6-19-15-30(10-8-21(19)22)14-18-5-4-9-25-12-18/h3-7,9,11-12H,8,10,13-15H2,1-2H3,(H,26,32). The van der Waals surface area contributed by atoms with Crippen LogP contribution in [0.2, 0.25) is 0 Å². The van der Waals surface area contributed by atoms with E-state index in [1.165, 1.54) is 16.7 Å². The number of benzene rings is 1. The monoisotopic (exact) mass is 443 g/mol. The van der Waals surface area contributed by atoms with Crippen LogP contribution in [0.4, 0.5) is 0 Å². The van der Waals surface area contributed by atoms with Crippen molar-refractivity contribution in [3.8, 4) is 5.69 Å². The maximum absolute atomic E-state index is 12.7. The van der Waals surface area contributed by atoms with Crippen molar-refractivity contribution in [3.05, 3.63) is 88.3 Å². The van der Waals surface area contributed by atoms with E-state index < -0.39 is 0 Å². The van der Waals surface area contributed by atoms with Gasteiger partial charge in [0.2, 0.25) is 0 Å². The Hall–Kier alpha value is -3.85. The van der Waals surface area contributed by atoms with E-state index >= 15 is 0 Å². The smallest absolute Gasteiger partial charge is 0.274 e. The van der Waals surface area contributed by atoms with E-state index in [9.17, 15) is 4.79 Å². The number of rotatable bonds is 6. The average Bonchev–Trinajstić information content (AvgIpc) is 3.42. The molecule has 3 aromatic heterocycles. The molecule has 0 saturated heterocycles. The van der Waals surface area contributed by atoms with Gasteiger partial charge < -0.3 is 9.84 Å². The number of fused-ring (bicyclic) bond motifs is 1. The zero-order valence-corrected chi connectivity index (χ0v) is 18.7. The van der Waals surface area contributed by atoms with E-state index in [4.69, 9.17) is 4.52 Å². The lowest BCUT2D eigenvalue weighted by atomic mass is 9.97. The quantitative estimate of drug-likeness (QED) is 0.489. The summed E-state index contributed by atoms with van der Waals surface area (Å²) in [5, 5.41) is 15.1. The van der Waals surface area contributed by atoms with Crippen LogP contribution in [0, 0.1) is 13.8 Å². The highest BCUT2D eigenvalue weighted by Crippen LogP contribution is 2.27. The van der Waals surface area contributed by atoms with E-state index in [1.807, 2.05) is 38.2 Å². The van der Waals surface area contributed by atoms with Crippen molar-refractivity contribution < 1.29 is 9.32 Å². The largest absolute Gasteiger partial charge is 0.359 e. The molecule has 0 atom stereocenters. The SMILES string of the molecule is Cc1cc(CNC(=O)c2nnn(-c3cccc4c3CCN(Cc3cccnc3)C4)c2C)on1. The van der Waals surface area contributed by atoms with Crippen LogP contribution in [0.3, 0.4) is 0 Å². The second kappa shape index (κ2) is 8.95. The predicted molar refractivity (Wildman–Crippen MR) is 121 cm³/mol. The first-order valence-electron chi connectivity index (χ1n) is 10.9. The molecule has 1 amide bonds. The van der Waals surface area contributed by atoms with Gasteiger partial charge in [-0.05, 0) is 49.1 Å². The number of pyridine rings is 1. The van der Waals surface area contributed by atoms with Crippen molar-refractivity contribution in [2.24, 2.45) is 0 Å². The minimum atomic E-state index is -0.291. The number of aromatic nitrogens is 5. The van der Waals surface area contributed by atoms with Crippen molar-refractivity contribution in [2.45, 2.75) is 39.9 Å². The van der Waals surface area contributed by atoms with Gasteiger partial charge in [0.25, 0.3) is 5.91 Å². The van der Waals surface area contributed by atoms with Crippen molar-refractivity contribution in [2.75, 3.05) is 6.54 Å². The fourth-order valence-electron chi connectivity index (χ4n) is 4.25. The number of hydrogen-bond acceptors (Lipinski definition) is 7. The highest BCUT2D eigenvalue weighted by Gasteiger charge is 2.23. The number of nitrogens with one attached hydrogen (secondary N) is 1. The third-order valence-electron chi connectivity index (χ3n) is 5.89. The molecule has 4 aromatic rings. The third kappa shape index (κ3) is 4.40. The Morgan fingerprint density at radius 2 is 2.12 bits per heavy atom. The first-order valence-corrected chi connectivity index (χ1v) is 10.9. The molecule has 5 rings (SSSR count). The van der Waals surface area contributed by atoms with Gasteiger partial charge in [0.15, 0.2) is 11.5 Å². The van der Waals surface area contributed by atoms with Gasteiger partial charge in [-0.15, -0.1) is 5.10 Å². The van der Waals surface area contributed by atoms with E-state index in [1.54, 1.807) is 16.9 Å². The molecule has 0 radical (unpaired) electrons. The Labute approximate surface area is 191 Å². The van der Waals surface area contributed by atoms with Gasteiger partial charge >= 0.3 is 0 Å². The molecule has 168 valence electrons. The van der Waals surface area contributed by atoms with Crippen LogP contribution in [0.25, 0.3) is 5.69 Å². The van der Waals surface area contributed by atoms with Gasteiger partial charge in [-0.1, -0.05) is 28.6 Å². The Bertz CT molecular complexity index is 1280. The first-order chi connectivity index (χ1) is 16.1. The van der Waals surface area contributed by atoms with Gasteiger partial charge in [-0.3, -0.25) is 14.7 Å². The van der Waals surface area contributed by atoms with Crippen LogP contribution < -0.4 is 5.32 Å². The van der Waals surface area contributed by atoms with E-state index in [2.05, 4.69) is 42.8 Å². The summed E-state index contributed by atoms with van der Waals surface area (Å²) in [6.07, 6.45) is 4.61. The Morgan fingerprint density at radius 1 is 1.21 bits per heavy atom. The molecule has 9 nitrogen and oxygen atoms in total. The summed E-state index contributed by atoms with van der Waals surface area (Å²) in [6.45, 7) is 6.62. The molecule has 0 unspecified atom stereocenters. The second-order valence-corrected chi connectivity index (χ2v) is 8.29. The molecule has 9 heteroatoms. The number of hydrogen-bond donors (Lipinski definition) is 1. The van der Waals surface area contributed by atoms with Crippen molar-refractivity contribution in [1.29, 1.82) is 0 Å². The number of amides is 1. The Kier molecular flexibility index (Phi) is 5.70. The van der Waals surface area contributed by atoms with Crippen LogP contribution in [-0.2, 0) is 26.1 Å². The highest BCUT2D eigenvalue weighted by molar-refractivity contribution is 5.93. The highest BCUT2D eigenvalue weighted by atomic mass is 16.5. The average molecular weight is 444 g/mol. The molecule has 1 aliphatic rings. The van der Waals surface area contributed by atoms with Gasteiger partial charge in [0, 0.05) is 38.1 Å². The predicted octanol–water partition coefficient (Wildman–Crippen LogP) is 2.76. The molecular formula is C24H25N7O2. The molecular weight excluding hydrogens is 418 g/mol. The number of nitrogens with zero attached hydrogens (tertiary/aromatic N) is 6. The molecule has 0 saturated carbocycles. The Morgan fingerprint density at radius 3 is 2.91 bits per heavy atom. The lowest BCUT2D eigenvalue weighted by Gasteiger charge is -2.30. The Balaban J connectivity index is 1.33.